The SMILES string of the molecule is CC(C)(O)CCC(=O)[C@@](C)(O)[C@H]1[C@H](O)C[C@@]2(C)[C@H]3CC=C4[C@@H](C=C(O[C@@H]5O[C@H](CO)[C@@H](O)[C@H](O)[C@H]5O)C(=O)C4(C)C)[C@]3(C)C(=O)C[C@]12C. The van der Waals surface area contributed by atoms with Crippen LogP contribution in [0.1, 0.15) is 87.5 Å². The van der Waals surface area contributed by atoms with Gasteiger partial charge in [-0.2, -0.15) is 0 Å². The molecule has 0 aromatic heterocycles. The highest BCUT2D eigenvalue weighted by atomic mass is 16.7. The van der Waals surface area contributed by atoms with E-state index in [4.69, 9.17) is 9.47 Å². The first-order chi connectivity index (χ1) is 21.9. The van der Waals surface area contributed by atoms with Gasteiger partial charge in [-0.05, 0) is 76.7 Å². The van der Waals surface area contributed by atoms with Crippen molar-refractivity contribution in [2.24, 2.45) is 39.4 Å². The van der Waals surface area contributed by atoms with Gasteiger partial charge in [-0.25, -0.2) is 0 Å². The number of carbonyl (C=O) groups is 3. The van der Waals surface area contributed by atoms with E-state index in [9.17, 15) is 50.1 Å². The van der Waals surface area contributed by atoms with Gasteiger partial charge < -0.3 is 45.2 Å². The van der Waals surface area contributed by atoms with Gasteiger partial charge in [0.1, 0.15) is 35.8 Å². The molecular formula is C36H54O12. The van der Waals surface area contributed by atoms with E-state index in [0.717, 1.165) is 5.57 Å². The standard InChI is InChI=1S/C36H54O12/c1-31(2,45)12-11-23(39)36(8,46)28-19(38)14-33(5)22-10-9-17-18(35(22,7)24(40)15-34(28,33)6)13-20(29(44)32(17,3)4)47-30-27(43)26(42)25(41)21(16-37)48-30/h9,13,18-19,21-22,25-28,30,37-38,41-43,45-46H,10-12,14-16H2,1-8H3/t18-,19-,21-,22-,25-,26+,27-,28+,30-,33+,34-,35+,36-/m1/s1. The molecule has 2 saturated carbocycles. The number of ketones is 3. The topological polar surface area (TPSA) is 211 Å². The highest BCUT2D eigenvalue weighted by molar-refractivity contribution is 6.02. The molecule has 0 spiro atoms. The summed E-state index contributed by atoms with van der Waals surface area (Å²) < 4.78 is 11.5. The number of allylic oxidation sites excluding steroid dienone is 4. The molecule has 12 heteroatoms. The summed E-state index contributed by atoms with van der Waals surface area (Å²) in [5.74, 6) is -3.21. The van der Waals surface area contributed by atoms with Crippen molar-refractivity contribution in [1.82, 2.24) is 0 Å². The summed E-state index contributed by atoms with van der Waals surface area (Å²) >= 11 is 0. The molecule has 3 fully saturated rings. The highest BCUT2D eigenvalue weighted by Gasteiger charge is 2.74. The summed E-state index contributed by atoms with van der Waals surface area (Å²) in [7, 11) is 0. The van der Waals surface area contributed by atoms with E-state index in [1.54, 1.807) is 33.8 Å². The number of Topliss-reactive ketones (excluding diaryl/α,β-unsaturated/α-hetero) is 3. The average molecular weight is 679 g/mol. The lowest BCUT2D eigenvalue weighted by molar-refractivity contribution is -0.291. The molecular weight excluding hydrogens is 624 g/mol. The van der Waals surface area contributed by atoms with Crippen molar-refractivity contribution < 1.29 is 59.6 Å². The van der Waals surface area contributed by atoms with Crippen molar-refractivity contribution in [2.45, 2.75) is 136 Å². The number of rotatable bonds is 8. The minimum Gasteiger partial charge on any atom is -0.459 e. The smallest absolute Gasteiger partial charge is 0.229 e. The number of fused-ring (bicyclic) bond motifs is 5. The number of aliphatic hydroxyl groups excluding tert-OH is 5. The van der Waals surface area contributed by atoms with Crippen molar-refractivity contribution in [2.75, 3.05) is 6.61 Å². The van der Waals surface area contributed by atoms with Crippen LogP contribution in [0.5, 0.6) is 0 Å². The van der Waals surface area contributed by atoms with Crippen molar-refractivity contribution in [3.8, 4) is 0 Å². The summed E-state index contributed by atoms with van der Waals surface area (Å²) in [6, 6.07) is 0. The predicted octanol–water partition coefficient (Wildman–Crippen LogP) is 1.10. The van der Waals surface area contributed by atoms with Gasteiger partial charge in [0.05, 0.1) is 23.7 Å². The maximum absolute atomic E-state index is 14.7. The Morgan fingerprint density at radius 3 is 2.19 bits per heavy atom. The summed E-state index contributed by atoms with van der Waals surface area (Å²) in [5, 5.41) is 74.5. The fraction of sp³-hybridized carbons (Fsp3) is 0.806. The van der Waals surface area contributed by atoms with Crippen molar-refractivity contribution in [3.63, 3.8) is 0 Å². The molecule has 1 heterocycles. The van der Waals surface area contributed by atoms with Crippen LogP contribution in [0.25, 0.3) is 0 Å². The fourth-order valence-corrected chi connectivity index (χ4v) is 10.2. The number of hydrogen-bond acceptors (Lipinski definition) is 12. The van der Waals surface area contributed by atoms with E-state index >= 15 is 0 Å². The summed E-state index contributed by atoms with van der Waals surface area (Å²) in [6.45, 7) is 13.1. The third-order valence-corrected chi connectivity index (χ3v) is 13.2. The molecule has 1 saturated heterocycles. The lowest BCUT2D eigenvalue weighted by atomic mass is 9.39. The molecule has 0 radical (unpaired) electrons. The van der Waals surface area contributed by atoms with E-state index in [1.807, 2.05) is 26.8 Å². The van der Waals surface area contributed by atoms with Gasteiger partial charge in [-0.3, -0.25) is 14.4 Å². The molecule has 4 aliphatic carbocycles. The lowest BCUT2D eigenvalue weighted by Gasteiger charge is -2.63. The van der Waals surface area contributed by atoms with Gasteiger partial charge in [0.25, 0.3) is 0 Å². The van der Waals surface area contributed by atoms with Gasteiger partial charge in [0.15, 0.2) is 11.5 Å². The zero-order valence-corrected chi connectivity index (χ0v) is 29.3. The minimum atomic E-state index is -1.97. The van der Waals surface area contributed by atoms with E-state index in [0.29, 0.717) is 6.42 Å². The lowest BCUT2D eigenvalue weighted by Crippen LogP contribution is -2.64. The van der Waals surface area contributed by atoms with Crippen LogP contribution in [-0.2, 0) is 23.9 Å². The molecule has 48 heavy (non-hydrogen) atoms. The Kier molecular flexibility index (Phi) is 9.12. The Balaban J connectivity index is 1.53. The van der Waals surface area contributed by atoms with Crippen LogP contribution in [0.4, 0.5) is 0 Å². The Bertz CT molecular complexity index is 1410. The molecule has 1 aliphatic heterocycles. The maximum atomic E-state index is 14.7. The van der Waals surface area contributed by atoms with Gasteiger partial charge in [0.2, 0.25) is 12.1 Å². The van der Waals surface area contributed by atoms with Gasteiger partial charge in [-0.15, -0.1) is 0 Å². The summed E-state index contributed by atoms with van der Waals surface area (Å²) in [4.78, 5) is 42.0. The quantitative estimate of drug-likeness (QED) is 0.180. The first-order valence-electron chi connectivity index (χ1n) is 17.0. The molecule has 0 amide bonds. The second kappa shape index (κ2) is 11.8. The molecule has 5 rings (SSSR count). The van der Waals surface area contributed by atoms with E-state index in [1.165, 1.54) is 6.92 Å². The second-order valence-corrected chi connectivity index (χ2v) is 17.1. The van der Waals surface area contributed by atoms with E-state index in [2.05, 4.69) is 0 Å². The van der Waals surface area contributed by atoms with Gasteiger partial charge >= 0.3 is 0 Å². The maximum Gasteiger partial charge on any atom is 0.229 e. The number of ether oxygens (including phenoxy) is 2. The molecule has 12 nitrogen and oxygen atoms in total. The van der Waals surface area contributed by atoms with Crippen molar-refractivity contribution in [3.05, 3.63) is 23.5 Å². The van der Waals surface area contributed by atoms with Crippen molar-refractivity contribution in [1.29, 1.82) is 0 Å². The molecule has 7 N–H and O–H groups in total. The average Bonchev–Trinajstić information content (AvgIpc) is 3.19. The van der Waals surface area contributed by atoms with Crippen LogP contribution in [0.3, 0.4) is 0 Å². The Hall–Kier alpha value is -2.03. The van der Waals surface area contributed by atoms with E-state index < -0.39 is 99.7 Å². The largest absolute Gasteiger partial charge is 0.459 e. The molecule has 0 aromatic rings. The minimum absolute atomic E-state index is 0.0396. The Labute approximate surface area is 281 Å². The number of aliphatic hydroxyl groups is 7. The van der Waals surface area contributed by atoms with Crippen LogP contribution in [0, 0.1) is 39.4 Å². The zero-order chi connectivity index (χ0) is 36.2. The third-order valence-electron chi connectivity index (χ3n) is 13.2. The molecule has 13 atom stereocenters. The highest BCUT2D eigenvalue weighted by Crippen LogP contribution is 2.74. The Morgan fingerprint density at radius 2 is 1.60 bits per heavy atom. The summed E-state index contributed by atoms with van der Waals surface area (Å²) in [6.07, 6.45) is -4.80. The monoisotopic (exact) mass is 678 g/mol. The first-order valence-corrected chi connectivity index (χ1v) is 17.0. The molecule has 0 bridgehead atoms. The second-order valence-electron chi connectivity index (χ2n) is 17.1. The van der Waals surface area contributed by atoms with Gasteiger partial charge in [0, 0.05) is 30.1 Å². The van der Waals surface area contributed by atoms with Crippen LogP contribution in [-0.4, -0.2) is 108 Å². The molecule has 0 unspecified atom stereocenters. The van der Waals surface area contributed by atoms with Crippen LogP contribution < -0.4 is 0 Å². The van der Waals surface area contributed by atoms with Gasteiger partial charge in [-0.1, -0.05) is 32.4 Å². The molecule has 5 aliphatic rings. The fourth-order valence-electron chi connectivity index (χ4n) is 10.2. The van der Waals surface area contributed by atoms with Crippen LogP contribution in [0.2, 0.25) is 0 Å². The number of carbonyl (C=O) groups excluding carboxylic acids is 3. The van der Waals surface area contributed by atoms with E-state index in [-0.39, 0.29) is 43.1 Å². The summed E-state index contributed by atoms with van der Waals surface area (Å²) in [5.41, 5.74) is -6.30. The van der Waals surface area contributed by atoms with Crippen LogP contribution >= 0.6 is 0 Å². The number of hydrogen-bond donors (Lipinski definition) is 7. The predicted molar refractivity (Wildman–Crippen MR) is 171 cm³/mol. The Morgan fingerprint density at radius 1 is 0.979 bits per heavy atom. The molecule has 0 aromatic carbocycles. The van der Waals surface area contributed by atoms with Crippen molar-refractivity contribution >= 4 is 17.3 Å². The molecule has 270 valence electrons. The zero-order valence-electron chi connectivity index (χ0n) is 29.3. The third kappa shape index (κ3) is 5.28. The van der Waals surface area contributed by atoms with Crippen LogP contribution in [0.15, 0.2) is 23.5 Å². The first kappa shape index (κ1) is 37.2. The normalized spacial score (nSPS) is 45.3.